The third kappa shape index (κ3) is 2.67. The van der Waals surface area contributed by atoms with Crippen molar-refractivity contribution in [1.29, 1.82) is 0 Å². The third-order valence-electron chi connectivity index (χ3n) is 2.61. The van der Waals surface area contributed by atoms with Crippen molar-refractivity contribution < 1.29 is 22.0 Å². The van der Waals surface area contributed by atoms with Crippen LogP contribution in [0.3, 0.4) is 0 Å². The lowest BCUT2D eigenvalue weighted by Crippen LogP contribution is -2.04. The Morgan fingerprint density at radius 3 is 1.95 bits per heavy atom. The van der Waals surface area contributed by atoms with Crippen LogP contribution >= 0.6 is 0 Å². The van der Waals surface area contributed by atoms with Crippen LogP contribution < -0.4 is 5.73 Å². The summed E-state index contributed by atoms with van der Waals surface area (Å²) in [6, 6.07) is 5.43. The van der Waals surface area contributed by atoms with E-state index in [2.05, 4.69) is 0 Å². The fourth-order valence-corrected chi connectivity index (χ4v) is 1.62. The Balaban J connectivity index is 2.46. The Kier molecular flexibility index (Phi) is 3.18. The molecule has 100 valence electrons. The van der Waals surface area contributed by atoms with Gasteiger partial charge in [-0.1, -0.05) is 12.1 Å². The fourth-order valence-electron chi connectivity index (χ4n) is 1.62. The number of nitrogen functional groups attached to an aromatic ring is 1. The zero-order chi connectivity index (χ0) is 14.2. The molecule has 0 amide bonds. The largest absolute Gasteiger partial charge is 0.416 e. The molecule has 0 saturated heterocycles. The average Bonchev–Trinajstić information content (AvgIpc) is 2.33. The molecular weight excluding hydrogens is 265 g/mol. The Morgan fingerprint density at radius 1 is 0.842 bits per heavy atom. The molecule has 0 spiro atoms. The molecule has 0 aliphatic rings. The lowest BCUT2D eigenvalue weighted by Gasteiger charge is -2.09. The number of rotatable bonds is 1. The second-order valence-corrected chi connectivity index (χ2v) is 3.93. The van der Waals surface area contributed by atoms with E-state index >= 15 is 0 Å². The molecule has 0 atom stereocenters. The van der Waals surface area contributed by atoms with Gasteiger partial charge in [0.1, 0.15) is 11.6 Å². The van der Waals surface area contributed by atoms with Crippen molar-refractivity contribution in [1.82, 2.24) is 0 Å². The summed E-state index contributed by atoms with van der Waals surface area (Å²) in [4.78, 5) is 0. The normalized spacial score (nSPS) is 11.6. The van der Waals surface area contributed by atoms with Crippen LogP contribution in [0.5, 0.6) is 0 Å². The SMILES string of the molecule is Nc1cc(F)c(-c2ccc(C(F)(F)F)cc2)cc1F. The highest BCUT2D eigenvalue weighted by atomic mass is 19.4. The number of hydrogen-bond donors (Lipinski definition) is 1. The first-order chi connectivity index (χ1) is 8.79. The second kappa shape index (κ2) is 4.53. The van der Waals surface area contributed by atoms with Crippen molar-refractivity contribution in [3.8, 4) is 11.1 Å². The smallest absolute Gasteiger partial charge is 0.396 e. The van der Waals surface area contributed by atoms with Gasteiger partial charge in [0, 0.05) is 11.6 Å². The molecule has 0 aliphatic carbocycles. The van der Waals surface area contributed by atoms with Gasteiger partial charge < -0.3 is 5.73 Å². The quantitative estimate of drug-likeness (QED) is 0.610. The van der Waals surface area contributed by atoms with E-state index in [-0.39, 0.29) is 16.8 Å². The van der Waals surface area contributed by atoms with Crippen LogP contribution in [0, 0.1) is 11.6 Å². The Labute approximate surface area is 105 Å². The van der Waals surface area contributed by atoms with Gasteiger partial charge in [-0.3, -0.25) is 0 Å². The Hall–Kier alpha value is -2.11. The third-order valence-corrected chi connectivity index (χ3v) is 2.61. The second-order valence-electron chi connectivity index (χ2n) is 3.93. The first-order valence-corrected chi connectivity index (χ1v) is 5.21. The highest BCUT2D eigenvalue weighted by Gasteiger charge is 2.30. The predicted octanol–water partition coefficient (Wildman–Crippen LogP) is 4.23. The van der Waals surface area contributed by atoms with Crippen molar-refractivity contribution in [2.75, 3.05) is 5.73 Å². The van der Waals surface area contributed by atoms with Gasteiger partial charge in [0.15, 0.2) is 0 Å². The predicted molar refractivity (Wildman–Crippen MR) is 61.2 cm³/mol. The van der Waals surface area contributed by atoms with E-state index in [1.54, 1.807) is 0 Å². The highest BCUT2D eigenvalue weighted by molar-refractivity contribution is 5.67. The first kappa shape index (κ1) is 13.3. The molecule has 0 fully saturated rings. The summed E-state index contributed by atoms with van der Waals surface area (Å²) in [6.45, 7) is 0. The maximum atomic E-state index is 13.6. The van der Waals surface area contributed by atoms with Crippen LogP contribution in [0.15, 0.2) is 36.4 Å². The summed E-state index contributed by atoms with van der Waals surface area (Å²) in [5.74, 6) is -1.62. The molecule has 0 aliphatic heterocycles. The molecule has 0 unspecified atom stereocenters. The summed E-state index contributed by atoms with van der Waals surface area (Å²) in [5, 5.41) is 0. The summed E-state index contributed by atoms with van der Waals surface area (Å²) >= 11 is 0. The van der Waals surface area contributed by atoms with E-state index in [4.69, 9.17) is 5.73 Å². The zero-order valence-corrected chi connectivity index (χ0v) is 9.43. The summed E-state index contributed by atoms with van der Waals surface area (Å²) in [6.07, 6.45) is -4.47. The number of alkyl halides is 3. The molecule has 0 saturated carbocycles. The number of benzene rings is 2. The van der Waals surface area contributed by atoms with E-state index in [1.807, 2.05) is 0 Å². The van der Waals surface area contributed by atoms with Crippen molar-refractivity contribution >= 4 is 5.69 Å². The van der Waals surface area contributed by atoms with E-state index in [9.17, 15) is 22.0 Å². The number of halogens is 5. The van der Waals surface area contributed by atoms with Crippen molar-refractivity contribution in [2.45, 2.75) is 6.18 Å². The Bertz CT molecular complexity index is 602. The first-order valence-electron chi connectivity index (χ1n) is 5.21. The molecule has 0 heterocycles. The fraction of sp³-hybridized carbons (Fsp3) is 0.0769. The molecule has 2 aromatic carbocycles. The molecule has 1 nitrogen and oxygen atoms in total. The van der Waals surface area contributed by atoms with Gasteiger partial charge in [-0.2, -0.15) is 13.2 Å². The van der Waals surface area contributed by atoms with Crippen molar-refractivity contribution in [3.05, 3.63) is 53.6 Å². The van der Waals surface area contributed by atoms with Gasteiger partial charge >= 0.3 is 6.18 Å². The van der Waals surface area contributed by atoms with Gasteiger partial charge in [0.25, 0.3) is 0 Å². The van der Waals surface area contributed by atoms with Gasteiger partial charge in [0.2, 0.25) is 0 Å². The van der Waals surface area contributed by atoms with Gasteiger partial charge in [-0.15, -0.1) is 0 Å². The lowest BCUT2D eigenvalue weighted by molar-refractivity contribution is -0.137. The average molecular weight is 273 g/mol. The van der Waals surface area contributed by atoms with Gasteiger partial charge in [0.05, 0.1) is 11.3 Å². The minimum atomic E-state index is -4.47. The summed E-state index contributed by atoms with van der Waals surface area (Å²) in [7, 11) is 0. The van der Waals surface area contributed by atoms with Crippen LogP contribution in [-0.2, 0) is 6.18 Å². The molecule has 2 N–H and O–H groups in total. The molecule has 0 bridgehead atoms. The highest BCUT2D eigenvalue weighted by Crippen LogP contribution is 2.32. The van der Waals surface area contributed by atoms with E-state index in [0.29, 0.717) is 0 Å². The van der Waals surface area contributed by atoms with Gasteiger partial charge in [-0.25, -0.2) is 8.78 Å². The zero-order valence-electron chi connectivity index (χ0n) is 9.43. The molecule has 2 rings (SSSR count). The number of nitrogens with two attached hydrogens (primary N) is 1. The minimum absolute atomic E-state index is 0.138. The number of anilines is 1. The van der Waals surface area contributed by atoms with Crippen LogP contribution in [0.4, 0.5) is 27.6 Å². The van der Waals surface area contributed by atoms with Crippen molar-refractivity contribution in [2.24, 2.45) is 0 Å². The van der Waals surface area contributed by atoms with Crippen LogP contribution in [-0.4, -0.2) is 0 Å². The van der Waals surface area contributed by atoms with E-state index in [1.165, 1.54) is 0 Å². The maximum Gasteiger partial charge on any atom is 0.416 e. The molecule has 6 heteroatoms. The van der Waals surface area contributed by atoms with Gasteiger partial charge in [-0.05, 0) is 23.8 Å². The monoisotopic (exact) mass is 273 g/mol. The van der Waals surface area contributed by atoms with Crippen LogP contribution in [0.2, 0.25) is 0 Å². The summed E-state index contributed by atoms with van der Waals surface area (Å²) in [5.41, 5.74) is 3.98. The number of hydrogen-bond acceptors (Lipinski definition) is 1. The van der Waals surface area contributed by atoms with E-state index in [0.717, 1.165) is 36.4 Å². The van der Waals surface area contributed by atoms with E-state index < -0.39 is 23.4 Å². The standard InChI is InChI=1S/C13H8F5N/c14-10-6-12(19)11(15)5-9(10)7-1-3-8(4-2-7)13(16,17)18/h1-6H,19H2. The lowest BCUT2D eigenvalue weighted by atomic mass is 10.0. The van der Waals surface area contributed by atoms with Crippen LogP contribution in [0.25, 0.3) is 11.1 Å². The molecule has 0 radical (unpaired) electrons. The maximum absolute atomic E-state index is 13.6. The molecule has 19 heavy (non-hydrogen) atoms. The Morgan fingerprint density at radius 2 is 1.42 bits per heavy atom. The molecular formula is C13H8F5N. The minimum Gasteiger partial charge on any atom is -0.396 e. The summed E-state index contributed by atoms with van der Waals surface area (Å²) < 4.78 is 63.9. The molecule has 2 aromatic rings. The topological polar surface area (TPSA) is 26.0 Å². The molecule has 0 aromatic heterocycles. The van der Waals surface area contributed by atoms with Crippen LogP contribution in [0.1, 0.15) is 5.56 Å². The van der Waals surface area contributed by atoms with Crippen molar-refractivity contribution in [3.63, 3.8) is 0 Å².